The molecular weight excluding hydrogens is 232 g/mol. The lowest BCUT2D eigenvalue weighted by atomic mass is 10.1. The molecule has 0 aliphatic carbocycles. The van der Waals surface area contributed by atoms with Crippen molar-refractivity contribution in [2.24, 2.45) is 0 Å². The van der Waals surface area contributed by atoms with Gasteiger partial charge in [-0.05, 0) is 32.6 Å². The highest BCUT2D eigenvalue weighted by Gasteiger charge is 2.22. The van der Waals surface area contributed by atoms with Crippen molar-refractivity contribution in [2.45, 2.75) is 51.4 Å². The molecule has 1 aromatic heterocycles. The minimum Gasteiger partial charge on any atom is -0.493 e. The van der Waals surface area contributed by atoms with Crippen LogP contribution in [0.3, 0.4) is 0 Å². The summed E-state index contributed by atoms with van der Waals surface area (Å²) in [7, 11) is 1.60. The van der Waals surface area contributed by atoms with Crippen LogP contribution in [0.5, 0.6) is 5.75 Å². The molecule has 2 atom stereocenters. The fourth-order valence-electron chi connectivity index (χ4n) is 2.48. The summed E-state index contributed by atoms with van der Waals surface area (Å²) in [4.78, 5) is 0. The zero-order chi connectivity index (χ0) is 13.0. The molecule has 5 heteroatoms. The van der Waals surface area contributed by atoms with Gasteiger partial charge in [-0.15, -0.1) is 0 Å². The van der Waals surface area contributed by atoms with Crippen LogP contribution in [0.4, 0.5) is 0 Å². The van der Waals surface area contributed by atoms with E-state index in [4.69, 9.17) is 9.47 Å². The van der Waals surface area contributed by atoms with E-state index in [1.54, 1.807) is 18.0 Å². The van der Waals surface area contributed by atoms with Gasteiger partial charge in [-0.25, -0.2) is 0 Å². The lowest BCUT2D eigenvalue weighted by molar-refractivity contribution is 0.0781. The van der Waals surface area contributed by atoms with Gasteiger partial charge in [0.2, 0.25) is 0 Å². The number of nitrogens with zero attached hydrogens (tertiary/aromatic N) is 2. The summed E-state index contributed by atoms with van der Waals surface area (Å²) in [5.41, 5.74) is 0.776. The fraction of sp³-hybridized carbons (Fsp3) is 0.769. The van der Waals surface area contributed by atoms with Crippen molar-refractivity contribution in [3.63, 3.8) is 0 Å². The van der Waals surface area contributed by atoms with Crippen molar-refractivity contribution < 1.29 is 14.6 Å². The third kappa shape index (κ3) is 2.84. The minimum absolute atomic E-state index is 0.309. The SMILES string of the molecule is CCn1ncc(OC)c1C(O)CCC1CCCO1. The van der Waals surface area contributed by atoms with Crippen LogP contribution in [0, 0.1) is 0 Å². The van der Waals surface area contributed by atoms with Crippen LogP contribution < -0.4 is 4.74 Å². The number of aliphatic hydroxyl groups is 1. The maximum Gasteiger partial charge on any atom is 0.162 e. The predicted octanol–water partition coefficient (Wildman–Crippen LogP) is 1.90. The molecule has 2 heterocycles. The van der Waals surface area contributed by atoms with E-state index >= 15 is 0 Å². The molecule has 2 rings (SSSR count). The topological polar surface area (TPSA) is 56.5 Å². The van der Waals surface area contributed by atoms with Gasteiger partial charge in [0.1, 0.15) is 5.69 Å². The molecular formula is C13H22N2O3. The number of aryl methyl sites for hydroxylation is 1. The number of hydrogen-bond acceptors (Lipinski definition) is 4. The second kappa shape index (κ2) is 6.20. The van der Waals surface area contributed by atoms with Crippen LogP contribution in [0.15, 0.2) is 6.20 Å². The first kappa shape index (κ1) is 13.4. The van der Waals surface area contributed by atoms with E-state index < -0.39 is 6.10 Å². The van der Waals surface area contributed by atoms with E-state index in [1.807, 2.05) is 6.92 Å². The van der Waals surface area contributed by atoms with E-state index in [1.165, 1.54) is 0 Å². The monoisotopic (exact) mass is 254 g/mol. The maximum absolute atomic E-state index is 10.3. The van der Waals surface area contributed by atoms with Gasteiger partial charge < -0.3 is 14.6 Å². The molecule has 0 aromatic carbocycles. The Labute approximate surface area is 108 Å². The quantitative estimate of drug-likeness (QED) is 0.842. The van der Waals surface area contributed by atoms with Crippen molar-refractivity contribution in [1.82, 2.24) is 9.78 Å². The highest BCUT2D eigenvalue weighted by molar-refractivity contribution is 5.27. The summed E-state index contributed by atoms with van der Waals surface area (Å²) in [6.45, 7) is 3.59. The third-order valence-corrected chi connectivity index (χ3v) is 3.47. The van der Waals surface area contributed by atoms with E-state index in [-0.39, 0.29) is 0 Å². The highest BCUT2D eigenvalue weighted by Crippen LogP contribution is 2.29. The molecule has 0 bridgehead atoms. The molecule has 0 amide bonds. The van der Waals surface area contributed by atoms with Gasteiger partial charge in [0.05, 0.1) is 25.5 Å². The number of rotatable bonds is 6. The summed E-state index contributed by atoms with van der Waals surface area (Å²) in [6.07, 6.45) is 5.25. The minimum atomic E-state index is -0.536. The largest absolute Gasteiger partial charge is 0.493 e. The van der Waals surface area contributed by atoms with E-state index in [0.29, 0.717) is 18.3 Å². The molecule has 1 fully saturated rings. The van der Waals surface area contributed by atoms with Crippen molar-refractivity contribution in [1.29, 1.82) is 0 Å². The number of aliphatic hydroxyl groups excluding tert-OH is 1. The van der Waals surface area contributed by atoms with Crippen molar-refractivity contribution in [3.8, 4) is 5.75 Å². The second-order valence-electron chi connectivity index (χ2n) is 4.64. The Morgan fingerprint density at radius 2 is 2.50 bits per heavy atom. The van der Waals surface area contributed by atoms with E-state index in [9.17, 15) is 5.11 Å². The van der Waals surface area contributed by atoms with Crippen LogP contribution in [0.1, 0.15) is 44.4 Å². The van der Waals surface area contributed by atoms with Crippen molar-refractivity contribution in [3.05, 3.63) is 11.9 Å². The summed E-state index contributed by atoms with van der Waals surface area (Å²) in [5, 5.41) is 14.5. The Morgan fingerprint density at radius 3 is 3.11 bits per heavy atom. The third-order valence-electron chi connectivity index (χ3n) is 3.47. The smallest absolute Gasteiger partial charge is 0.162 e. The van der Waals surface area contributed by atoms with E-state index in [0.717, 1.165) is 38.1 Å². The highest BCUT2D eigenvalue weighted by atomic mass is 16.5. The number of hydrogen-bond donors (Lipinski definition) is 1. The standard InChI is InChI=1S/C13H22N2O3/c1-3-15-13(12(17-2)9-14-15)11(16)7-6-10-5-4-8-18-10/h9-11,16H,3-8H2,1-2H3. The molecule has 102 valence electrons. The molecule has 1 aliphatic rings. The van der Waals surface area contributed by atoms with Crippen LogP contribution >= 0.6 is 0 Å². The molecule has 1 N–H and O–H groups in total. The summed E-state index contributed by atoms with van der Waals surface area (Å²) in [5.74, 6) is 0.664. The van der Waals surface area contributed by atoms with Gasteiger partial charge in [0.15, 0.2) is 5.75 Å². The Hall–Kier alpha value is -1.07. The number of ether oxygens (including phenoxy) is 2. The molecule has 1 aliphatic heterocycles. The Kier molecular flexibility index (Phi) is 4.60. The molecule has 0 radical (unpaired) electrons. The lowest BCUT2D eigenvalue weighted by Crippen LogP contribution is -2.12. The Bertz CT molecular complexity index is 351. The fourth-order valence-corrected chi connectivity index (χ4v) is 2.48. The van der Waals surface area contributed by atoms with Gasteiger partial charge in [-0.1, -0.05) is 0 Å². The molecule has 0 spiro atoms. The molecule has 1 saturated heterocycles. The van der Waals surface area contributed by atoms with Gasteiger partial charge in [-0.3, -0.25) is 4.68 Å². The Balaban J connectivity index is 1.98. The van der Waals surface area contributed by atoms with Crippen LogP contribution in [-0.2, 0) is 11.3 Å². The van der Waals surface area contributed by atoms with Gasteiger partial charge >= 0.3 is 0 Å². The normalized spacial score (nSPS) is 21.2. The van der Waals surface area contributed by atoms with Crippen LogP contribution in [0.25, 0.3) is 0 Å². The number of aromatic nitrogens is 2. The lowest BCUT2D eigenvalue weighted by Gasteiger charge is -2.16. The molecule has 18 heavy (non-hydrogen) atoms. The van der Waals surface area contributed by atoms with Crippen molar-refractivity contribution >= 4 is 0 Å². The first-order valence-electron chi connectivity index (χ1n) is 6.65. The summed E-state index contributed by atoms with van der Waals surface area (Å²) < 4.78 is 12.6. The van der Waals surface area contributed by atoms with Crippen LogP contribution in [0.2, 0.25) is 0 Å². The summed E-state index contributed by atoms with van der Waals surface area (Å²) >= 11 is 0. The average molecular weight is 254 g/mol. The zero-order valence-corrected chi connectivity index (χ0v) is 11.1. The summed E-state index contributed by atoms with van der Waals surface area (Å²) in [6, 6.07) is 0. The molecule has 5 nitrogen and oxygen atoms in total. The molecule has 1 aromatic rings. The molecule has 2 unspecified atom stereocenters. The number of methoxy groups -OCH3 is 1. The van der Waals surface area contributed by atoms with Gasteiger partial charge in [-0.2, -0.15) is 5.10 Å². The van der Waals surface area contributed by atoms with Crippen LogP contribution in [-0.4, -0.2) is 34.7 Å². The molecule has 0 saturated carbocycles. The first-order chi connectivity index (χ1) is 8.76. The van der Waals surface area contributed by atoms with Gasteiger partial charge in [0, 0.05) is 13.2 Å². The average Bonchev–Trinajstić information content (AvgIpc) is 3.04. The first-order valence-corrected chi connectivity index (χ1v) is 6.65. The maximum atomic E-state index is 10.3. The second-order valence-corrected chi connectivity index (χ2v) is 4.64. The van der Waals surface area contributed by atoms with Crippen molar-refractivity contribution in [2.75, 3.05) is 13.7 Å². The Morgan fingerprint density at radius 1 is 1.67 bits per heavy atom. The van der Waals surface area contributed by atoms with Gasteiger partial charge in [0.25, 0.3) is 0 Å². The van der Waals surface area contributed by atoms with E-state index in [2.05, 4.69) is 5.10 Å². The predicted molar refractivity (Wildman–Crippen MR) is 67.6 cm³/mol. The zero-order valence-electron chi connectivity index (χ0n) is 11.1.